The molecule has 1 aliphatic rings. The van der Waals surface area contributed by atoms with E-state index in [9.17, 15) is 9.67 Å². The summed E-state index contributed by atoms with van der Waals surface area (Å²) in [6, 6.07) is 11.3. The summed E-state index contributed by atoms with van der Waals surface area (Å²) in [4.78, 5) is 9.85. The number of phenolic OH excluding ortho intramolecular Hbond substituents is 1. The Morgan fingerprint density at radius 1 is 1.24 bits per heavy atom. The predicted molar refractivity (Wildman–Crippen MR) is 135 cm³/mol. The van der Waals surface area contributed by atoms with Crippen LogP contribution in [0.3, 0.4) is 0 Å². The summed E-state index contributed by atoms with van der Waals surface area (Å²) in [7, 11) is -3.30. The SMILES string of the molecule is CCNP(=O)(OCC)C1(c2ccc(-c3ccc(O)cc3)s2)CCCCC1Nc1ncc(C)[nH]1. The quantitative estimate of drug-likeness (QED) is 0.266. The smallest absolute Gasteiger partial charge is 0.283 e. The van der Waals surface area contributed by atoms with Gasteiger partial charge in [0, 0.05) is 34.2 Å². The molecule has 2 aromatic heterocycles. The van der Waals surface area contributed by atoms with Crippen LogP contribution in [0.4, 0.5) is 5.95 Å². The zero-order valence-electron chi connectivity index (χ0n) is 19.4. The second-order valence-corrected chi connectivity index (χ2v) is 12.0. The molecule has 2 heterocycles. The van der Waals surface area contributed by atoms with Crippen LogP contribution in [0.1, 0.15) is 50.1 Å². The molecule has 1 saturated carbocycles. The third kappa shape index (κ3) is 4.62. The lowest BCUT2D eigenvalue weighted by Crippen LogP contribution is -2.49. The van der Waals surface area contributed by atoms with Gasteiger partial charge in [0.15, 0.2) is 0 Å². The molecule has 33 heavy (non-hydrogen) atoms. The van der Waals surface area contributed by atoms with Gasteiger partial charge < -0.3 is 19.9 Å². The molecule has 3 unspecified atom stereocenters. The van der Waals surface area contributed by atoms with Crippen molar-refractivity contribution in [1.29, 1.82) is 0 Å². The topological polar surface area (TPSA) is 99.3 Å². The number of aromatic nitrogens is 2. The monoisotopic (exact) mass is 488 g/mol. The van der Waals surface area contributed by atoms with E-state index in [1.54, 1.807) is 29.7 Å². The van der Waals surface area contributed by atoms with Crippen LogP contribution < -0.4 is 10.4 Å². The zero-order valence-corrected chi connectivity index (χ0v) is 21.1. The Hall–Kier alpha value is -2.12. The minimum Gasteiger partial charge on any atom is -0.508 e. The Balaban J connectivity index is 1.83. The van der Waals surface area contributed by atoms with Crippen molar-refractivity contribution in [1.82, 2.24) is 15.1 Å². The number of thiophene rings is 1. The van der Waals surface area contributed by atoms with E-state index in [1.807, 2.05) is 32.9 Å². The van der Waals surface area contributed by atoms with E-state index in [4.69, 9.17) is 4.52 Å². The number of hydrogen-bond donors (Lipinski definition) is 4. The second kappa shape index (κ2) is 10.0. The van der Waals surface area contributed by atoms with Crippen LogP contribution in [0.2, 0.25) is 0 Å². The molecule has 3 aromatic rings. The van der Waals surface area contributed by atoms with Crippen molar-refractivity contribution in [3.05, 3.63) is 53.2 Å². The number of phenols is 1. The molecule has 7 nitrogen and oxygen atoms in total. The van der Waals surface area contributed by atoms with Gasteiger partial charge in [-0.2, -0.15) is 0 Å². The number of nitrogens with zero attached hydrogens (tertiary/aromatic N) is 1. The van der Waals surface area contributed by atoms with Crippen molar-refractivity contribution in [2.45, 2.75) is 57.7 Å². The first-order valence-corrected chi connectivity index (χ1v) is 14.0. The molecule has 9 heteroatoms. The molecule has 0 saturated heterocycles. The molecule has 3 atom stereocenters. The summed E-state index contributed by atoms with van der Waals surface area (Å²) >= 11 is 1.65. The maximum absolute atomic E-state index is 14.7. The highest BCUT2D eigenvalue weighted by atomic mass is 32.1. The molecule has 4 rings (SSSR count). The Kier molecular flexibility index (Phi) is 7.29. The van der Waals surface area contributed by atoms with Crippen molar-refractivity contribution >= 4 is 24.8 Å². The lowest BCUT2D eigenvalue weighted by molar-refractivity contribution is 0.261. The van der Waals surface area contributed by atoms with E-state index >= 15 is 0 Å². The number of anilines is 1. The number of hydrogen-bond acceptors (Lipinski definition) is 6. The number of imidazole rings is 1. The van der Waals surface area contributed by atoms with Crippen molar-refractivity contribution in [2.75, 3.05) is 18.5 Å². The summed E-state index contributed by atoms with van der Waals surface area (Å²) in [5.74, 6) is 0.934. The maximum atomic E-state index is 14.7. The molecule has 0 bridgehead atoms. The van der Waals surface area contributed by atoms with Crippen LogP contribution in [0.15, 0.2) is 42.6 Å². The fraction of sp³-hybridized carbons (Fsp3) is 0.458. The van der Waals surface area contributed by atoms with Crippen LogP contribution in [0, 0.1) is 6.92 Å². The van der Waals surface area contributed by atoms with Crippen molar-refractivity contribution in [2.24, 2.45) is 0 Å². The van der Waals surface area contributed by atoms with E-state index in [-0.39, 0.29) is 11.8 Å². The number of aromatic hydroxyl groups is 1. The second-order valence-electron chi connectivity index (χ2n) is 8.47. The normalized spacial score (nSPS) is 22.7. The maximum Gasteiger partial charge on any atom is 0.283 e. The number of rotatable bonds is 9. The molecule has 1 fully saturated rings. The summed E-state index contributed by atoms with van der Waals surface area (Å²) in [6.45, 7) is 6.77. The van der Waals surface area contributed by atoms with Gasteiger partial charge in [0.2, 0.25) is 5.95 Å². The third-order valence-electron chi connectivity index (χ3n) is 6.28. The van der Waals surface area contributed by atoms with E-state index < -0.39 is 12.7 Å². The fourth-order valence-corrected chi connectivity index (χ4v) is 9.32. The van der Waals surface area contributed by atoms with Gasteiger partial charge in [-0.3, -0.25) is 4.57 Å². The van der Waals surface area contributed by atoms with Crippen LogP contribution in [0.25, 0.3) is 10.4 Å². The lowest BCUT2D eigenvalue weighted by atomic mass is 9.82. The molecule has 0 radical (unpaired) electrons. The van der Waals surface area contributed by atoms with Gasteiger partial charge in [-0.1, -0.05) is 19.8 Å². The highest BCUT2D eigenvalue weighted by molar-refractivity contribution is 7.58. The molecule has 1 aliphatic carbocycles. The summed E-state index contributed by atoms with van der Waals surface area (Å²) in [5.41, 5.74) is 2.00. The molecule has 178 valence electrons. The van der Waals surface area contributed by atoms with Crippen LogP contribution in [0.5, 0.6) is 5.75 Å². The van der Waals surface area contributed by atoms with Crippen LogP contribution in [-0.4, -0.2) is 34.3 Å². The van der Waals surface area contributed by atoms with E-state index in [0.717, 1.165) is 46.7 Å². The largest absolute Gasteiger partial charge is 0.508 e. The standard InChI is InChI=1S/C24H33N4O3PS/c1-4-26-32(30,31-5-2)24(15-7-6-8-21(24)28-23-25-16-17(3)27-23)22-14-13-20(33-22)18-9-11-19(29)12-10-18/h9-14,16,21,29H,4-8,15H2,1-3H3,(H,26,30)(H2,25,27,28). The number of aryl methyl sites for hydroxylation is 1. The summed E-state index contributed by atoms with van der Waals surface area (Å²) in [5, 5.41) is 15.8. The first-order valence-electron chi connectivity index (χ1n) is 11.6. The van der Waals surface area contributed by atoms with E-state index in [0.29, 0.717) is 19.1 Å². The summed E-state index contributed by atoms with van der Waals surface area (Å²) in [6.07, 6.45) is 5.45. The van der Waals surface area contributed by atoms with Gasteiger partial charge in [0.1, 0.15) is 10.9 Å². The Bertz CT molecular complexity index is 1100. The lowest BCUT2D eigenvalue weighted by Gasteiger charge is -2.47. The molecular weight excluding hydrogens is 455 g/mol. The average molecular weight is 489 g/mol. The molecule has 0 spiro atoms. The first-order chi connectivity index (χ1) is 15.9. The Labute approximate surface area is 199 Å². The van der Waals surface area contributed by atoms with Crippen LogP contribution in [-0.2, 0) is 14.2 Å². The Morgan fingerprint density at radius 2 is 2.03 bits per heavy atom. The van der Waals surface area contributed by atoms with E-state index in [1.165, 1.54) is 0 Å². The number of nitrogens with one attached hydrogen (secondary N) is 3. The van der Waals surface area contributed by atoms with Gasteiger partial charge in [-0.05, 0) is 68.7 Å². The van der Waals surface area contributed by atoms with Gasteiger partial charge in [0.05, 0.1) is 6.61 Å². The van der Waals surface area contributed by atoms with Crippen LogP contribution >= 0.6 is 18.9 Å². The molecule has 0 amide bonds. The molecule has 4 N–H and O–H groups in total. The van der Waals surface area contributed by atoms with Gasteiger partial charge >= 0.3 is 0 Å². The highest BCUT2D eigenvalue weighted by Gasteiger charge is 2.57. The molecule has 0 aliphatic heterocycles. The number of benzene rings is 1. The third-order valence-corrected chi connectivity index (χ3v) is 10.9. The van der Waals surface area contributed by atoms with Crippen molar-refractivity contribution in [3.8, 4) is 16.2 Å². The van der Waals surface area contributed by atoms with Gasteiger partial charge in [-0.15, -0.1) is 11.3 Å². The first kappa shape index (κ1) is 24.0. The number of aromatic amines is 1. The fourth-order valence-electron chi connectivity index (χ4n) is 4.83. The van der Waals surface area contributed by atoms with E-state index in [2.05, 4.69) is 32.5 Å². The van der Waals surface area contributed by atoms with Gasteiger partial charge in [0.25, 0.3) is 7.52 Å². The van der Waals surface area contributed by atoms with Gasteiger partial charge in [-0.25, -0.2) is 10.1 Å². The summed E-state index contributed by atoms with van der Waals surface area (Å²) < 4.78 is 20.8. The number of H-pyrrole nitrogens is 1. The average Bonchev–Trinajstić information content (AvgIpc) is 3.44. The highest BCUT2D eigenvalue weighted by Crippen LogP contribution is 2.68. The van der Waals surface area contributed by atoms with Crippen molar-refractivity contribution in [3.63, 3.8) is 0 Å². The molecular formula is C24H33N4O3PS. The van der Waals surface area contributed by atoms with Crippen molar-refractivity contribution < 1.29 is 14.2 Å². The molecule has 1 aromatic carbocycles. The zero-order chi connectivity index (χ0) is 23.5. The predicted octanol–water partition coefficient (Wildman–Crippen LogP) is 6.24. The Morgan fingerprint density at radius 3 is 2.70 bits per heavy atom. The minimum atomic E-state index is -3.30. The minimum absolute atomic E-state index is 0.112.